The molecule has 0 aromatic heterocycles. The first kappa shape index (κ1) is 11.8. The molecule has 1 aliphatic rings. The number of aliphatic hydroxyl groups is 6. The van der Waals surface area contributed by atoms with Crippen molar-refractivity contribution in [2.45, 2.75) is 36.1 Å². The smallest absolute Gasteiger partial charge is 0.111 e. The van der Waals surface area contributed by atoms with E-state index in [0.29, 0.717) is 0 Å². The highest BCUT2D eigenvalue weighted by atomic mass is 16.4. The van der Waals surface area contributed by atoms with E-state index in [1.807, 2.05) is 0 Å². The molecule has 14 heavy (non-hydrogen) atoms. The Morgan fingerprint density at radius 1 is 0.857 bits per heavy atom. The first-order chi connectivity index (χ1) is 6.36. The summed E-state index contributed by atoms with van der Waals surface area (Å²) in [5.41, 5.74) is 3.47. The quantitative estimate of drug-likeness (QED) is 0.230. The van der Waals surface area contributed by atoms with Crippen LogP contribution in [0.2, 0.25) is 0 Å². The van der Waals surface area contributed by atoms with Crippen LogP contribution >= 0.6 is 0 Å². The normalized spacial score (nSPS) is 54.6. The van der Waals surface area contributed by atoms with E-state index in [1.165, 1.54) is 0 Å². The minimum Gasteiger partial charge on any atom is -0.394 e. The standard InChI is InChI=1S/C7H15NO6/c8-7(1-9)5(13)3(11)2(10)4(12)6(7)14/h2-6,9-14H,1,8H2/t2?,3-,4-,5-,6+,7?/m0/s1. The summed E-state index contributed by atoms with van der Waals surface area (Å²) in [5, 5.41) is 55.3. The maximum atomic E-state index is 9.39. The Bertz CT molecular complexity index is 196. The van der Waals surface area contributed by atoms with Crippen LogP contribution in [-0.4, -0.2) is 73.3 Å². The van der Waals surface area contributed by atoms with Crippen molar-refractivity contribution in [3.63, 3.8) is 0 Å². The summed E-state index contributed by atoms with van der Waals surface area (Å²) >= 11 is 0. The van der Waals surface area contributed by atoms with Gasteiger partial charge in [-0.2, -0.15) is 0 Å². The van der Waals surface area contributed by atoms with Crippen molar-refractivity contribution in [3.8, 4) is 0 Å². The minimum absolute atomic E-state index is 0.823. The Labute approximate surface area is 80.0 Å². The molecule has 0 amide bonds. The monoisotopic (exact) mass is 209 g/mol. The fourth-order valence-corrected chi connectivity index (χ4v) is 1.57. The predicted octanol–water partition coefficient (Wildman–Crippen LogP) is -4.51. The van der Waals surface area contributed by atoms with Crippen LogP contribution in [0.1, 0.15) is 0 Å². The van der Waals surface area contributed by atoms with Gasteiger partial charge in [0, 0.05) is 0 Å². The lowest BCUT2D eigenvalue weighted by Gasteiger charge is -2.47. The van der Waals surface area contributed by atoms with Gasteiger partial charge in [-0.1, -0.05) is 0 Å². The van der Waals surface area contributed by atoms with E-state index in [2.05, 4.69) is 0 Å². The van der Waals surface area contributed by atoms with Crippen LogP contribution in [0.25, 0.3) is 0 Å². The molecular weight excluding hydrogens is 194 g/mol. The second-order valence-electron chi connectivity index (χ2n) is 3.63. The number of nitrogens with two attached hydrogens (primary N) is 1. The Morgan fingerprint density at radius 3 is 1.50 bits per heavy atom. The lowest BCUT2D eigenvalue weighted by molar-refractivity contribution is -0.218. The predicted molar refractivity (Wildman–Crippen MR) is 44.0 cm³/mol. The van der Waals surface area contributed by atoms with Crippen LogP contribution in [0.4, 0.5) is 0 Å². The van der Waals surface area contributed by atoms with Crippen LogP contribution < -0.4 is 5.73 Å². The fraction of sp³-hybridized carbons (Fsp3) is 1.00. The van der Waals surface area contributed by atoms with E-state index < -0.39 is 42.7 Å². The largest absolute Gasteiger partial charge is 0.394 e. The number of aliphatic hydroxyl groups excluding tert-OH is 6. The number of hydrogen-bond donors (Lipinski definition) is 7. The zero-order chi connectivity index (χ0) is 11.1. The third-order valence-electron chi connectivity index (χ3n) is 2.72. The summed E-state index contributed by atoms with van der Waals surface area (Å²) < 4.78 is 0. The van der Waals surface area contributed by atoms with Crippen molar-refractivity contribution >= 4 is 0 Å². The van der Waals surface area contributed by atoms with Gasteiger partial charge in [-0.3, -0.25) is 0 Å². The molecule has 0 radical (unpaired) electrons. The van der Waals surface area contributed by atoms with E-state index >= 15 is 0 Å². The lowest BCUT2D eigenvalue weighted by Crippen LogP contribution is -2.76. The van der Waals surface area contributed by atoms with Gasteiger partial charge in [-0.25, -0.2) is 0 Å². The summed E-state index contributed by atoms with van der Waals surface area (Å²) in [6.07, 6.45) is -8.51. The Balaban J connectivity index is 2.98. The minimum atomic E-state index is -1.93. The van der Waals surface area contributed by atoms with Crippen LogP contribution in [0, 0.1) is 0 Å². The van der Waals surface area contributed by atoms with Crippen molar-refractivity contribution < 1.29 is 30.6 Å². The van der Waals surface area contributed by atoms with Crippen LogP contribution in [0.3, 0.4) is 0 Å². The first-order valence-electron chi connectivity index (χ1n) is 4.16. The highest BCUT2D eigenvalue weighted by Crippen LogP contribution is 2.27. The lowest BCUT2D eigenvalue weighted by atomic mass is 9.73. The maximum Gasteiger partial charge on any atom is 0.111 e. The summed E-state index contributed by atoms with van der Waals surface area (Å²) in [7, 11) is 0. The molecule has 0 bridgehead atoms. The molecule has 0 spiro atoms. The van der Waals surface area contributed by atoms with Gasteiger partial charge in [0.25, 0.3) is 0 Å². The molecule has 1 aliphatic carbocycles. The van der Waals surface area contributed by atoms with Crippen molar-refractivity contribution in [2.24, 2.45) is 5.73 Å². The third-order valence-corrected chi connectivity index (χ3v) is 2.72. The molecule has 7 nitrogen and oxygen atoms in total. The van der Waals surface area contributed by atoms with Crippen molar-refractivity contribution in [1.82, 2.24) is 0 Å². The Kier molecular flexibility index (Phi) is 3.12. The molecule has 84 valence electrons. The summed E-state index contributed by atoms with van der Waals surface area (Å²) in [6.45, 7) is -0.823. The van der Waals surface area contributed by atoms with Gasteiger partial charge in [0.15, 0.2) is 0 Å². The SMILES string of the molecule is NC1(CO)[C@H](O)[C@@H](O)C(O)[C@H](O)[C@@H]1O. The third kappa shape index (κ3) is 1.43. The molecule has 0 aliphatic heterocycles. The number of hydrogen-bond acceptors (Lipinski definition) is 7. The molecule has 0 aromatic rings. The fourth-order valence-electron chi connectivity index (χ4n) is 1.57. The van der Waals surface area contributed by atoms with Crippen molar-refractivity contribution in [3.05, 3.63) is 0 Å². The molecule has 0 saturated heterocycles. The molecule has 0 aromatic carbocycles. The van der Waals surface area contributed by atoms with E-state index in [9.17, 15) is 20.4 Å². The summed E-state index contributed by atoms with van der Waals surface area (Å²) in [6, 6.07) is 0. The summed E-state index contributed by atoms with van der Waals surface area (Å²) in [4.78, 5) is 0. The molecule has 1 rings (SSSR count). The van der Waals surface area contributed by atoms with E-state index in [-0.39, 0.29) is 0 Å². The highest BCUT2D eigenvalue weighted by molar-refractivity contribution is 5.10. The number of rotatable bonds is 1. The average Bonchev–Trinajstić information content (AvgIpc) is 2.21. The van der Waals surface area contributed by atoms with Gasteiger partial charge in [0.1, 0.15) is 30.5 Å². The first-order valence-corrected chi connectivity index (χ1v) is 4.16. The Hall–Kier alpha value is -0.280. The van der Waals surface area contributed by atoms with Crippen LogP contribution in [0.5, 0.6) is 0 Å². The molecule has 7 heteroatoms. The van der Waals surface area contributed by atoms with Gasteiger partial charge in [-0.15, -0.1) is 0 Å². The second-order valence-corrected chi connectivity index (χ2v) is 3.63. The van der Waals surface area contributed by atoms with Gasteiger partial charge in [-0.05, 0) is 0 Å². The molecular formula is C7H15NO6. The molecule has 0 heterocycles. The van der Waals surface area contributed by atoms with E-state index in [4.69, 9.17) is 15.9 Å². The molecule has 8 N–H and O–H groups in total. The van der Waals surface area contributed by atoms with Crippen molar-refractivity contribution in [1.29, 1.82) is 0 Å². The van der Waals surface area contributed by atoms with Crippen molar-refractivity contribution in [2.75, 3.05) is 6.61 Å². The molecule has 2 unspecified atom stereocenters. The van der Waals surface area contributed by atoms with Gasteiger partial charge in [0.05, 0.1) is 12.1 Å². The van der Waals surface area contributed by atoms with Gasteiger partial charge >= 0.3 is 0 Å². The zero-order valence-corrected chi connectivity index (χ0v) is 7.35. The van der Waals surface area contributed by atoms with Crippen LogP contribution in [-0.2, 0) is 0 Å². The van der Waals surface area contributed by atoms with E-state index in [0.717, 1.165) is 0 Å². The Morgan fingerprint density at radius 2 is 1.21 bits per heavy atom. The summed E-state index contributed by atoms with van der Waals surface area (Å²) in [5.74, 6) is 0. The zero-order valence-electron chi connectivity index (χ0n) is 7.35. The molecule has 1 saturated carbocycles. The average molecular weight is 209 g/mol. The highest BCUT2D eigenvalue weighted by Gasteiger charge is 2.55. The second kappa shape index (κ2) is 3.70. The van der Waals surface area contributed by atoms with Gasteiger partial charge in [0.2, 0.25) is 0 Å². The van der Waals surface area contributed by atoms with E-state index in [1.54, 1.807) is 0 Å². The molecule has 1 fully saturated rings. The topological polar surface area (TPSA) is 147 Å². The van der Waals surface area contributed by atoms with Gasteiger partial charge < -0.3 is 36.4 Å². The van der Waals surface area contributed by atoms with Crippen LogP contribution in [0.15, 0.2) is 0 Å². The molecule has 6 atom stereocenters. The maximum absolute atomic E-state index is 9.39.